The molecule has 1 unspecified atom stereocenters. The number of rotatable bonds is 4. The van der Waals surface area contributed by atoms with E-state index in [0.717, 1.165) is 0 Å². The Morgan fingerprint density at radius 1 is 1.50 bits per heavy atom. The van der Waals surface area contributed by atoms with Crippen LogP contribution in [0.3, 0.4) is 0 Å². The molecule has 1 rings (SSSR count). The van der Waals surface area contributed by atoms with Crippen LogP contribution in [0.1, 0.15) is 6.42 Å². The molecule has 0 saturated heterocycles. The molecular weight excluding hydrogens is 232 g/mol. The summed E-state index contributed by atoms with van der Waals surface area (Å²) in [6.07, 6.45) is -0.276. The number of halogens is 1. The number of carbonyl (C=O) groups is 2. The van der Waals surface area contributed by atoms with E-state index in [4.69, 9.17) is 22.4 Å². The number of hydrogen-bond donors (Lipinski definition) is 3. The Kier molecular flexibility index (Phi) is 4.28. The molecule has 1 amide bonds. The highest BCUT2D eigenvalue weighted by Crippen LogP contribution is 2.15. The molecule has 0 aliphatic heterocycles. The number of carbonyl (C=O) groups excluding carboxylic acids is 1. The average molecular weight is 243 g/mol. The second kappa shape index (κ2) is 5.48. The molecule has 0 heterocycles. The van der Waals surface area contributed by atoms with Crippen molar-refractivity contribution in [3.05, 3.63) is 29.3 Å². The fraction of sp³-hybridized carbons (Fsp3) is 0.200. The van der Waals surface area contributed by atoms with Gasteiger partial charge in [-0.3, -0.25) is 9.59 Å². The summed E-state index contributed by atoms with van der Waals surface area (Å²) < 4.78 is 0. The number of carboxylic acids is 1. The number of amides is 1. The Labute approximate surface area is 97.2 Å². The van der Waals surface area contributed by atoms with Crippen molar-refractivity contribution in [1.29, 1.82) is 0 Å². The third-order valence-electron chi connectivity index (χ3n) is 1.83. The van der Waals surface area contributed by atoms with Crippen molar-refractivity contribution in [2.24, 2.45) is 5.73 Å². The molecule has 0 aliphatic rings. The molecule has 5 nitrogen and oxygen atoms in total. The topological polar surface area (TPSA) is 92.4 Å². The van der Waals surface area contributed by atoms with Crippen LogP contribution in [0.15, 0.2) is 24.3 Å². The first-order valence-electron chi connectivity index (χ1n) is 4.53. The number of aliphatic carboxylic acids is 1. The lowest BCUT2D eigenvalue weighted by Crippen LogP contribution is -2.34. The van der Waals surface area contributed by atoms with Crippen molar-refractivity contribution in [2.45, 2.75) is 12.5 Å². The summed E-state index contributed by atoms with van der Waals surface area (Å²) >= 11 is 5.71. The van der Waals surface area contributed by atoms with Gasteiger partial charge in [-0.2, -0.15) is 0 Å². The Morgan fingerprint density at radius 2 is 2.19 bits per heavy atom. The van der Waals surface area contributed by atoms with Gasteiger partial charge in [-0.1, -0.05) is 17.7 Å². The summed E-state index contributed by atoms with van der Waals surface area (Å²) in [6, 6.07) is 5.36. The van der Waals surface area contributed by atoms with E-state index in [1.165, 1.54) is 0 Å². The van der Waals surface area contributed by atoms with Crippen molar-refractivity contribution < 1.29 is 14.7 Å². The van der Waals surface area contributed by atoms with E-state index >= 15 is 0 Å². The number of nitrogens with one attached hydrogen (secondary N) is 1. The molecule has 86 valence electrons. The number of carboxylic acid groups (broad SMARTS) is 1. The van der Waals surface area contributed by atoms with Crippen LogP contribution in [0, 0.1) is 0 Å². The van der Waals surface area contributed by atoms with Gasteiger partial charge in [0.05, 0.1) is 6.42 Å². The number of hydrogen-bond acceptors (Lipinski definition) is 3. The van der Waals surface area contributed by atoms with E-state index in [9.17, 15) is 9.59 Å². The fourth-order valence-corrected chi connectivity index (χ4v) is 1.26. The van der Waals surface area contributed by atoms with Gasteiger partial charge in [-0.15, -0.1) is 0 Å². The molecule has 4 N–H and O–H groups in total. The molecule has 6 heteroatoms. The number of nitrogens with two attached hydrogens (primary N) is 1. The fourth-order valence-electron chi connectivity index (χ4n) is 1.07. The second-order valence-electron chi connectivity index (χ2n) is 3.21. The Hall–Kier alpha value is -1.59. The molecule has 16 heavy (non-hydrogen) atoms. The van der Waals surface area contributed by atoms with Gasteiger partial charge >= 0.3 is 5.97 Å². The normalized spacial score (nSPS) is 11.9. The number of benzene rings is 1. The first-order chi connectivity index (χ1) is 7.49. The highest BCUT2D eigenvalue weighted by molar-refractivity contribution is 6.30. The summed E-state index contributed by atoms with van der Waals surface area (Å²) in [5.74, 6) is -1.67. The summed E-state index contributed by atoms with van der Waals surface area (Å²) in [4.78, 5) is 21.8. The zero-order valence-electron chi connectivity index (χ0n) is 8.31. The average Bonchev–Trinajstić information content (AvgIpc) is 2.16. The monoisotopic (exact) mass is 242 g/mol. The highest BCUT2D eigenvalue weighted by Gasteiger charge is 2.16. The van der Waals surface area contributed by atoms with E-state index in [0.29, 0.717) is 10.7 Å². The van der Waals surface area contributed by atoms with E-state index in [2.05, 4.69) is 5.32 Å². The Balaban J connectivity index is 2.55. The van der Waals surface area contributed by atoms with Crippen LogP contribution in [-0.2, 0) is 9.59 Å². The van der Waals surface area contributed by atoms with Gasteiger partial charge in [-0.25, -0.2) is 0 Å². The Morgan fingerprint density at radius 3 is 2.75 bits per heavy atom. The lowest BCUT2D eigenvalue weighted by atomic mass is 10.2. The molecule has 1 aromatic rings. The third-order valence-corrected chi connectivity index (χ3v) is 2.07. The maximum absolute atomic E-state index is 11.3. The molecule has 1 atom stereocenters. The maximum atomic E-state index is 11.3. The molecule has 0 saturated carbocycles. The van der Waals surface area contributed by atoms with Crippen molar-refractivity contribution in [1.82, 2.24) is 0 Å². The Bertz CT molecular complexity index is 409. The molecule has 1 aromatic carbocycles. The predicted octanol–water partition coefficient (Wildman–Crippen LogP) is 1.08. The van der Waals surface area contributed by atoms with Crippen molar-refractivity contribution in [2.75, 3.05) is 5.32 Å². The van der Waals surface area contributed by atoms with Crippen LogP contribution < -0.4 is 11.1 Å². The zero-order valence-corrected chi connectivity index (χ0v) is 9.07. The van der Waals surface area contributed by atoms with Gasteiger partial charge in [0.15, 0.2) is 0 Å². The number of anilines is 1. The minimum Gasteiger partial charge on any atom is -0.480 e. The summed E-state index contributed by atoms with van der Waals surface area (Å²) in [6.45, 7) is 0. The lowest BCUT2D eigenvalue weighted by Gasteiger charge is -2.07. The van der Waals surface area contributed by atoms with Gasteiger partial charge in [0.1, 0.15) is 6.04 Å². The van der Waals surface area contributed by atoms with E-state index in [-0.39, 0.29) is 6.42 Å². The van der Waals surface area contributed by atoms with Gasteiger partial charge in [-0.05, 0) is 18.2 Å². The van der Waals surface area contributed by atoms with Crippen LogP contribution >= 0.6 is 11.6 Å². The van der Waals surface area contributed by atoms with E-state index < -0.39 is 17.9 Å². The van der Waals surface area contributed by atoms with Gasteiger partial charge in [0, 0.05) is 10.7 Å². The van der Waals surface area contributed by atoms with E-state index in [1.54, 1.807) is 24.3 Å². The van der Waals surface area contributed by atoms with Crippen LogP contribution in [0.5, 0.6) is 0 Å². The van der Waals surface area contributed by atoms with Crippen LogP contribution in [0.2, 0.25) is 5.02 Å². The summed E-state index contributed by atoms with van der Waals surface area (Å²) in [5, 5.41) is 11.5. The SMILES string of the molecule is NC(CC(=O)Nc1cccc(Cl)c1)C(=O)O. The standard InChI is InChI=1S/C10H11ClN2O3/c11-6-2-1-3-7(4-6)13-9(14)5-8(12)10(15)16/h1-4,8H,5,12H2,(H,13,14)(H,15,16). The molecule has 0 spiro atoms. The maximum Gasteiger partial charge on any atom is 0.321 e. The second-order valence-corrected chi connectivity index (χ2v) is 3.64. The molecular formula is C10H11ClN2O3. The minimum atomic E-state index is -1.21. The van der Waals surface area contributed by atoms with Gasteiger partial charge in [0.25, 0.3) is 0 Å². The molecule has 0 aromatic heterocycles. The van der Waals surface area contributed by atoms with Crippen molar-refractivity contribution >= 4 is 29.2 Å². The van der Waals surface area contributed by atoms with Gasteiger partial charge < -0.3 is 16.2 Å². The molecule has 0 fully saturated rings. The van der Waals surface area contributed by atoms with Crippen molar-refractivity contribution in [3.8, 4) is 0 Å². The van der Waals surface area contributed by atoms with Crippen LogP contribution in [0.4, 0.5) is 5.69 Å². The van der Waals surface area contributed by atoms with Crippen LogP contribution in [0.25, 0.3) is 0 Å². The zero-order chi connectivity index (χ0) is 12.1. The third kappa shape index (κ3) is 3.88. The van der Waals surface area contributed by atoms with Crippen molar-refractivity contribution in [3.63, 3.8) is 0 Å². The smallest absolute Gasteiger partial charge is 0.321 e. The first kappa shape index (κ1) is 12.5. The summed E-state index contributed by atoms with van der Waals surface area (Å²) in [5.41, 5.74) is 5.72. The molecule has 0 bridgehead atoms. The first-order valence-corrected chi connectivity index (χ1v) is 4.90. The largest absolute Gasteiger partial charge is 0.480 e. The minimum absolute atomic E-state index is 0.276. The molecule has 0 radical (unpaired) electrons. The van der Waals surface area contributed by atoms with Crippen LogP contribution in [-0.4, -0.2) is 23.0 Å². The highest BCUT2D eigenvalue weighted by atomic mass is 35.5. The lowest BCUT2D eigenvalue weighted by molar-refractivity contribution is -0.140. The summed E-state index contributed by atoms with van der Waals surface area (Å²) in [7, 11) is 0. The molecule has 0 aliphatic carbocycles. The predicted molar refractivity (Wildman–Crippen MR) is 60.3 cm³/mol. The quantitative estimate of drug-likeness (QED) is 0.737. The van der Waals surface area contributed by atoms with E-state index in [1.807, 2.05) is 0 Å². The van der Waals surface area contributed by atoms with Gasteiger partial charge in [0.2, 0.25) is 5.91 Å².